The predicted octanol–water partition coefficient (Wildman–Crippen LogP) is 6.55. The van der Waals surface area contributed by atoms with Crippen molar-refractivity contribution in [2.75, 3.05) is 18.4 Å². The highest BCUT2D eigenvalue weighted by molar-refractivity contribution is 9.10. The highest BCUT2D eigenvalue weighted by atomic mass is 79.9. The van der Waals surface area contributed by atoms with Crippen LogP contribution in [0.2, 0.25) is 10.0 Å². The van der Waals surface area contributed by atoms with Crippen LogP contribution in [0.3, 0.4) is 0 Å². The number of benzene rings is 2. The van der Waals surface area contributed by atoms with Crippen LogP contribution in [-0.4, -0.2) is 29.0 Å². The number of nitro benzene ring substituents is 1. The largest absolute Gasteiger partial charge is 0.378 e. The van der Waals surface area contributed by atoms with Crippen molar-refractivity contribution in [3.63, 3.8) is 0 Å². The topological polar surface area (TPSA) is 58.4 Å². The van der Waals surface area contributed by atoms with Crippen LogP contribution in [0.25, 0.3) is 0 Å². The molecule has 0 spiro atoms. The van der Waals surface area contributed by atoms with E-state index in [9.17, 15) is 10.1 Å². The van der Waals surface area contributed by atoms with Gasteiger partial charge in [0, 0.05) is 29.7 Å². The lowest BCUT2D eigenvalue weighted by atomic mass is 10.0. The fourth-order valence-electron chi connectivity index (χ4n) is 3.64. The lowest BCUT2D eigenvalue weighted by Crippen LogP contribution is -2.40. The molecule has 29 heavy (non-hydrogen) atoms. The number of nitrogens with zero attached hydrogens (tertiary/aromatic N) is 2. The molecule has 1 atom stereocenters. The minimum atomic E-state index is -0.325. The van der Waals surface area contributed by atoms with Gasteiger partial charge in [-0.05, 0) is 54.6 Å². The molecule has 1 aliphatic heterocycles. The van der Waals surface area contributed by atoms with Gasteiger partial charge in [0.05, 0.1) is 15.0 Å². The molecule has 0 aliphatic carbocycles. The monoisotopic (exact) mass is 499 g/mol. The zero-order chi connectivity index (χ0) is 21.1. The highest BCUT2D eigenvalue weighted by Crippen LogP contribution is 2.36. The maximum absolute atomic E-state index is 11.6. The summed E-state index contributed by atoms with van der Waals surface area (Å²) in [5.74, 6) is 0.577. The van der Waals surface area contributed by atoms with Crippen LogP contribution in [0, 0.1) is 16.0 Å². The van der Waals surface area contributed by atoms with Crippen molar-refractivity contribution in [1.82, 2.24) is 4.90 Å². The number of halogens is 3. The average Bonchev–Trinajstić information content (AvgIpc) is 2.81. The number of nitro groups is 1. The van der Waals surface area contributed by atoms with Gasteiger partial charge in [-0.1, -0.05) is 59.0 Å². The van der Waals surface area contributed by atoms with Crippen LogP contribution < -0.4 is 5.32 Å². The van der Waals surface area contributed by atoms with Crippen LogP contribution in [0.1, 0.15) is 31.4 Å². The lowest BCUT2D eigenvalue weighted by Gasteiger charge is -2.30. The number of anilines is 1. The summed E-state index contributed by atoms with van der Waals surface area (Å²) in [7, 11) is 0. The van der Waals surface area contributed by atoms with Crippen molar-refractivity contribution in [3.8, 4) is 0 Å². The summed E-state index contributed by atoms with van der Waals surface area (Å²) in [6, 6.07) is 9.42. The van der Waals surface area contributed by atoms with Crippen LogP contribution >= 0.6 is 39.1 Å². The predicted molar refractivity (Wildman–Crippen MR) is 123 cm³/mol. The number of hydrogen-bond acceptors (Lipinski definition) is 4. The summed E-state index contributed by atoms with van der Waals surface area (Å²) in [6.45, 7) is 6.61. The normalized spacial score (nSPS) is 17.0. The standard InChI is InChI=1S/C21H24BrCl2N3O2/c1-13(2)5-6-26-12-15-9-16(22)10-20(27(28)29)21(15)25-11-17(26)7-14-3-4-18(23)19(24)8-14/h3-4,8-10,13,17,25H,5-7,11-12H2,1-2H3. The molecule has 0 saturated heterocycles. The van der Waals surface area contributed by atoms with Gasteiger partial charge in [-0.3, -0.25) is 15.0 Å². The first-order valence-corrected chi connectivity index (χ1v) is 11.2. The van der Waals surface area contributed by atoms with E-state index >= 15 is 0 Å². The first-order valence-electron chi connectivity index (χ1n) is 9.63. The van der Waals surface area contributed by atoms with E-state index in [-0.39, 0.29) is 16.7 Å². The second kappa shape index (κ2) is 9.65. The highest BCUT2D eigenvalue weighted by Gasteiger charge is 2.28. The molecule has 0 amide bonds. The maximum atomic E-state index is 11.6. The first kappa shape index (κ1) is 22.3. The summed E-state index contributed by atoms with van der Waals surface area (Å²) in [4.78, 5) is 13.7. The molecule has 2 aromatic rings. The van der Waals surface area contributed by atoms with Crippen LogP contribution in [0.4, 0.5) is 11.4 Å². The third-order valence-electron chi connectivity index (χ3n) is 5.21. The molecule has 8 heteroatoms. The molecule has 0 bridgehead atoms. The zero-order valence-corrected chi connectivity index (χ0v) is 19.5. The van der Waals surface area contributed by atoms with E-state index in [2.05, 4.69) is 40.0 Å². The number of rotatable bonds is 6. The summed E-state index contributed by atoms with van der Waals surface area (Å²) in [5, 5.41) is 16.0. The first-order chi connectivity index (χ1) is 13.7. The summed E-state index contributed by atoms with van der Waals surface area (Å²) >= 11 is 15.7. The molecular weight excluding hydrogens is 477 g/mol. The number of hydrogen-bond donors (Lipinski definition) is 1. The van der Waals surface area contributed by atoms with E-state index in [1.165, 1.54) is 0 Å². The summed E-state index contributed by atoms with van der Waals surface area (Å²) in [5.41, 5.74) is 2.76. The van der Waals surface area contributed by atoms with Gasteiger partial charge in [-0.15, -0.1) is 0 Å². The molecule has 0 saturated carbocycles. The fraction of sp³-hybridized carbons (Fsp3) is 0.429. The lowest BCUT2D eigenvalue weighted by molar-refractivity contribution is -0.384. The van der Waals surface area contributed by atoms with Gasteiger partial charge in [0.15, 0.2) is 0 Å². The van der Waals surface area contributed by atoms with Crippen LogP contribution in [0.5, 0.6) is 0 Å². The molecule has 1 heterocycles. The average molecular weight is 501 g/mol. The Kier molecular flexibility index (Phi) is 7.43. The van der Waals surface area contributed by atoms with E-state index in [0.717, 1.165) is 35.0 Å². The quantitative estimate of drug-likeness (QED) is 0.361. The van der Waals surface area contributed by atoms with Crippen molar-refractivity contribution in [2.24, 2.45) is 5.92 Å². The summed E-state index contributed by atoms with van der Waals surface area (Å²) in [6.07, 6.45) is 1.84. The van der Waals surface area contributed by atoms with E-state index in [4.69, 9.17) is 23.2 Å². The Labute approximate surface area is 189 Å². The van der Waals surface area contributed by atoms with Gasteiger partial charge in [-0.2, -0.15) is 0 Å². The Hall–Kier alpha value is -1.34. The summed E-state index contributed by atoms with van der Waals surface area (Å²) < 4.78 is 0.719. The molecule has 0 radical (unpaired) electrons. The zero-order valence-electron chi connectivity index (χ0n) is 16.4. The molecule has 0 aromatic heterocycles. The fourth-order valence-corrected chi connectivity index (χ4v) is 4.46. The van der Waals surface area contributed by atoms with Gasteiger partial charge in [0.25, 0.3) is 5.69 Å². The second-order valence-electron chi connectivity index (χ2n) is 7.86. The van der Waals surface area contributed by atoms with E-state index < -0.39 is 0 Å². The van der Waals surface area contributed by atoms with Gasteiger partial charge >= 0.3 is 0 Å². The molecule has 156 valence electrons. The minimum Gasteiger partial charge on any atom is -0.378 e. The smallest absolute Gasteiger partial charge is 0.293 e. The van der Waals surface area contributed by atoms with E-state index in [0.29, 0.717) is 34.7 Å². The number of nitrogens with one attached hydrogen (secondary N) is 1. The van der Waals surface area contributed by atoms with Crippen LogP contribution in [0.15, 0.2) is 34.8 Å². The molecule has 5 nitrogen and oxygen atoms in total. The maximum Gasteiger partial charge on any atom is 0.293 e. The van der Waals surface area contributed by atoms with Crippen molar-refractivity contribution < 1.29 is 4.92 Å². The molecule has 3 rings (SSSR count). The molecule has 1 unspecified atom stereocenters. The Balaban J connectivity index is 1.92. The van der Waals surface area contributed by atoms with Crippen molar-refractivity contribution >= 4 is 50.5 Å². The number of fused-ring (bicyclic) bond motifs is 1. The Bertz CT molecular complexity index is 908. The van der Waals surface area contributed by atoms with E-state index in [1.54, 1.807) is 6.07 Å². The third kappa shape index (κ3) is 5.63. The molecule has 2 aromatic carbocycles. The molecule has 1 N–H and O–H groups in total. The van der Waals surface area contributed by atoms with Crippen LogP contribution in [-0.2, 0) is 13.0 Å². The third-order valence-corrected chi connectivity index (χ3v) is 6.41. The van der Waals surface area contributed by atoms with Crippen molar-refractivity contribution in [3.05, 3.63) is 66.1 Å². The Morgan fingerprint density at radius 1 is 1.28 bits per heavy atom. The van der Waals surface area contributed by atoms with Gasteiger partial charge < -0.3 is 5.32 Å². The second-order valence-corrected chi connectivity index (χ2v) is 9.59. The Morgan fingerprint density at radius 2 is 2.03 bits per heavy atom. The molecule has 0 fully saturated rings. The van der Waals surface area contributed by atoms with Gasteiger partial charge in [-0.25, -0.2) is 0 Å². The minimum absolute atomic E-state index is 0.105. The molecular formula is C21H24BrCl2N3O2. The van der Waals surface area contributed by atoms with Gasteiger partial charge in [0.2, 0.25) is 0 Å². The molecule has 1 aliphatic rings. The SMILES string of the molecule is CC(C)CCN1Cc2cc(Br)cc([N+](=O)[O-])c2NCC1Cc1ccc(Cl)c(Cl)c1. The van der Waals surface area contributed by atoms with Crippen molar-refractivity contribution in [1.29, 1.82) is 0 Å². The van der Waals surface area contributed by atoms with E-state index in [1.807, 2.05) is 24.3 Å². The van der Waals surface area contributed by atoms with Gasteiger partial charge in [0.1, 0.15) is 5.69 Å². The van der Waals surface area contributed by atoms with Crippen molar-refractivity contribution in [2.45, 2.75) is 39.3 Å². The Morgan fingerprint density at radius 3 is 2.69 bits per heavy atom.